The maximum atomic E-state index is 5.96. The van der Waals surface area contributed by atoms with E-state index in [0.29, 0.717) is 12.6 Å². The van der Waals surface area contributed by atoms with Crippen LogP contribution < -0.4 is 5.73 Å². The van der Waals surface area contributed by atoms with Gasteiger partial charge in [0, 0.05) is 36.0 Å². The molecule has 0 aliphatic carbocycles. The number of hydrogen-bond donors (Lipinski definition) is 1. The van der Waals surface area contributed by atoms with Crippen molar-refractivity contribution in [1.29, 1.82) is 0 Å². The number of thioether (sulfide) groups is 1. The zero-order valence-electron chi connectivity index (χ0n) is 8.49. The van der Waals surface area contributed by atoms with Gasteiger partial charge in [0.2, 0.25) is 0 Å². The average molecular weight is 263 g/mol. The van der Waals surface area contributed by atoms with Gasteiger partial charge in [0.25, 0.3) is 0 Å². The van der Waals surface area contributed by atoms with Gasteiger partial charge in [-0.3, -0.25) is 4.90 Å². The predicted molar refractivity (Wildman–Crippen MR) is 70.0 cm³/mol. The minimum atomic E-state index is 0.364. The molecule has 5 heteroatoms. The van der Waals surface area contributed by atoms with Gasteiger partial charge in [-0.25, -0.2) is 0 Å². The zero-order chi connectivity index (χ0) is 10.7. The van der Waals surface area contributed by atoms with Crippen molar-refractivity contribution in [3.63, 3.8) is 0 Å². The third-order valence-corrected chi connectivity index (χ3v) is 4.91. The molecule has 15 heavy (non-hydrogen) atoms. The molecule has 0 spiro atoms. The van der Waals surface area contributed by atoms with Gasteiger partial charge in [0.05, 0.1) is 10.4 Å². The van der Waals surface area contributed by atoms with E-state index in [2.05, 4.69) is 11.0 Å². The van der Waals surface area contributed by atoms with Crippen LogP contribution in [0.3, 0.4) is 0 Å². The summed E-state index contributed by atoms with van der Waals surface area (Å²) in [5, 5.41) is 0. The van der Waals surface area contributed by atoms with E-state index in [4.69, 9.17) is 17.3 Å². The molecular weight excluding hydrogens is 248 g/mol. The topological polar surface area (TPSA) is 29.3 Å². The van der Waals surface area contributed by atoms with Crippen LogP contribution in [0.2, 0.25) is 4.34 Å². The summed E-state index contributed by atoms with van der Waals surface area (Å²) >= 11 is 9.63. The Labute approximate surface area is 104 Å². The molecule has 2 heterocycles. The third-order valence-electron chi connectivity index (χ3n) is 2.63. The van der Waals surface area contributed by atoms with E-state index in [1.165, 1.54) is 16.4 Å². The van der Waals surface area contributed by atoms with E-state index < -0.39 is 0 Å². The Balaban J connectivity index is 2.08. The lowest BCUT2D eigenvalue weighted by Gasteiger charge is -2.32. The molecule has 2 rings (SSSR count). The van der Waals surface area contributed by atoms with Gasteiger partial charge < -0.3 is 5.73 Å². The van der Waals surface area contributed by atoms with E-state index >= 15 is 0 Å². The standard InChI is InChI=1S/C10H15ClN2S2/c11-10-2-1-9(15-10)8(7-12)13-3-5-14-6-4-13/h1-2,8H,3-7,12H2. The molecule has 1 aromatic heterocycles. The second-order valence-corrected chi connectivity index (χ2v) is 6.51. The highest BCUT2D eigenvalue weighted by Crippen LogP contribution is 2.31. The Morgan fingerprint density at radius 3 is 2.67 bits per heavy atom. The highest BCUT2D eigenvalue weighted by Gasteiger charge is 2.22. The lowest BCUT2D eigenvalue weighted by Crippen LogP contribution is -2.39. The summed E-state index contributed by atoms with van der Waals surface area (Å²) in [5.41, 5.74) is 5.86. The van der Waals surface area contributed by atoms with Crippen molar-refractivity contribution in [2.45, 2.75) is 6.04 Å². The van der Waals surface area contributed by atoms with Crippen molar-refractivity contribution >= 4 is 34.7 Å². The van der Waals surface area contributed by atoms with Crippen LogP contribution in [-0.2, 0) is 0 Å². The predicted octanol–water partition coefficient (Wildman–Crippen LogP) is 2.45. The van der Waals surface area contributed by atoms with Crippen LogP contribution in [0, 0.1) is 0 Å². The van der Waals surface area contributed by atoms with Crippen LogP contribution >= 0.6 is 34.7 Å². The molecule has 0 bridgehead atoms. The van der Waals surface area contributed by atoms with Gasteiger partial charge in [-0.1, -0.05) is 11.6 Å². The minimum absolute atomic E-state index is 0.364. The first-order chi connectivity index (χ1) is 7.31. The monoisotopic (exact) mass is 262 g/mol. The third kappa shape index (κ3) is 2.88. The van der Waals surface area contributed by atoms with Crippen molar-refractivity contribution in [1.82, 2.24) is 4.90 Å². The number of nitrogens with zero attached hydrogens (tertiary/aromatic N) is 1. The highest BCUT2D eigenvalue weighted by molar-refractivity contribution is 7.99. The molecule has 1 aromatic rings. The van der Waals surface area contributed by atoms with E-state index in [1.54, 1.807) is 11.3 Å². The Bertz CT molecular complexity index is 310. The largest absolute Gasteiger partial charge is 0.329 e. The summed E-state index contributed by atoms with van der Waals surface area (Å²) in [6.07, 6.45) is 0. The Morgan fingerprint density at radius 2 is 2.13 bits per heavy atom. The molecule has 84 valence electrons. The first-order valence-electron chi connectivity index (χ1n) is 5.08. The van der Waals surface area contributed by atoms with Crippen LogP contribution in [0.25, 0.3) is 0 Å². The summed E-state index contributed by atoms with van der Waals surface area (Å²) in [4.78, 5) is 3.77. The maximum Gasteiger partial charge on any atom is 0.0931 e. The zero-order valence-corrected chi connectivity index (χ0v) is 10.9. The van der Waals surface area contributed by atoms with E-state index in [1.807, 2.05) is 17.8 Å². The van der Waals surface area contributed by atoms with Crippen LogP contribution in [0.1, 0.15) is 10.9 Å². The van der Waals surface area contributed by atoms with Crippen molar-refractivity contribution in [2.75, 3.05) is 31.1 Å². The number of nitrogens with two attached hydrogens (primary N) is 1. The van der Waals surface area contributed by atoms with E-state index in [9.17, 15) is 0 Å². The lowest BCUT2D eigenvalue weighted by molar-refractivity contribution is 0.226. The van der Waals surface area contributed by atoms with Gasteiger partial charge in [0.15, 0.2) is 0 Å². The van der Waals surface area contributed by atoms with Gasteiger partial charge >= 0.3 is 0 Å². The number of rotatable bonds is 3. The van der Waals surface area contributed by atoms with Crippen LogP contribution in [0.15, 0.2) is 12.1 Å². The summed E-state index contributed by atoms with van der Waals surface area (Å²) in [6.45, 7) is 2.96. The fourth-order valence-electron chi connectivity index (χ4n) is 1.84. The summed E-state index contributed by atoms with van der Waals surface area (Å²) in [6, 6.07) is 4.43. The fraction of sp³-hybridized carbons (Fsp3) is 0.600. The SMILES string of the molecule is NCC(c1ccc(Cl)s1)N1CCSCC1. The Morgan fingerprint density at radius 1 is 1.40 bits per heavy atom. The molecule has 1 unspecified atom stereocenters. The number of hydrogen-bond acceptors (Lipinski definition) is 4. The smallest absolute Gasteiger partial charge is 0.0931 e. The van der Waals surface area contributed by atoms with Crippen molar-refractivity contribution in [2.24, 2.45) is 5.73 Å². The minimum Gasteiger partial charge on any atom is -0.329 e. The highest BCUT2D eigenvalue weighted by atomic mass is 35.5. The molecule has 1 fully saturated rings. The molecule has 2 N–H and O–H groups in total. The Kier molecular flexibility index (Phi) is 4.34. The normalized spacial score (nSPS) is 20.4. The average Bonchev–Trinajstić information content (AvgIpc) is 2.68. The fourth-order valence-corrected chi connectivity index (χ4v) is 3.98. The maximum absolute atomic E-state index is 5.96. The van der Waals surface area contributed by atoms with Crippen LogP contribution in [0.5, 0.6) is 0 Å². The van der Waals surface area contributed by atoms with Gasteiger partial charge in [-0.15, -0.1) is 11.3 Å². The van der Waals surface area contributed by atoms with Crippen molar-refractivity contribution < 1.29 is 0 Å². The molecule has 0 aromatic carbocycles. The second-order valence-electron chi connectivity index (χ2n) is 3.54. The molecule has 1 atom stereocenters. The molecular formula is C10H15ClN2S2. The van der Waals surface area contributed by atoms with Gasteiger partial charge in [0.1, 0.15) is 0 Å². The van der Waals surface area contributed by atoms with E-state index in [-0.39, 0.29) is 0 Å². The molecule has 0 saturated carbocycles. The van der Waals surface area contributed by atoms with Crippen molar-refractivity contribution in [3.05, 3.63) is 21.3 Å². The first-order valence-corrected chi connectivity index (χ1v) is 7.43. The van der Waals surface area contributed by atoms with Gasteiger partial charge in [-0.05, 0) is 12.1 Å². The summed E-state index contributed by atoms with van der Waals surface area (Å²) < 4.78 is 0.856. The molecule has 1 aliphatic heterocycles. The van der Waals surface area contributed by atoms with Crippen LogP contribution in [0.4, 0.5) is 0 Å². The quantitative estimate of drug-likeness (QED) is 0.907. The molecule has 0 radical (unpaired) electrons. The second kappa shape index (κ2) is 5.55. The van der Waals surface area contributed by atoms with E-state index in [0.717, 1.165) is 17.4 Å². The number of halogens is 1. The number of thiophene rings is 1. The molecule has 1 aliphatic rings. The molecule has 2 nitrogen and oxygen atoms in total. The lowest BCUT2D eigenvalue weighted by atomic mass is 10.2. The van der Waals surface area contributed by atoms with Crippen LogP contribution in [-0.4, -0.2) is 36.0 Å². The van der Waals surface area contributed by atoms with Gasteiger partial charge in [-0.2, -0.15) is 11.8 Å². The van der Waals surface area contributed by atoms with Crippen molar-refractivity contribution in [3.8, 4) is 0 Å². The molecule has 0 amide bonds. The molecule has 1 saturated heterocycles. The Hall–Kier alpha value is 0.260. The first kappa shape index (κ1) is 11.7. The summed E-state index contributed by atoms with van der Waals surface area (Å²) in [7, 11) is 0. The summed E-state index contributed by atoms with van der Waals surface area (Å²) in [5.74, 6) is 2.44.